The highest BCUT2D eigenvalue weighted by molar-refractivity contribution is 7.48. The summed E-state index contributed by atoms with van der Waals surface area (Å²) in [6, 6.07) is 23.0. The molecule has 3 aromatic carbocycles. The predicted octanol–water partition coefficient (Wildman–Crippen LogP) is 6.35. The zero-order chi connectivity index (χ0) is 35.9. The fourth-order valence-electron chi connectivity index (χ4n) is 4.78. The van der Waals surface area contributed by atoms with E-state index in [-0.39, 0.29) is 44.1 Å². The molecule has 4 rings (SSSR count). The maximum atomic E-state index is 13.8. The topological polar surface area (TPSA) is 179 Å². The van der Waals surface area contributed by atoms with Crippen molar-refractivity contribution in [2.75, 3.05) is 0 Å². The molecule has 14 heteroatoms. The van der Waals surface area contributed by atoms with E-state index in [4.69, 9.17) is 18.1 Å². The van der Waals surface area contributed by atoms with Gasteiger partial charge in [-0.1, -0.05) is 91.8 Å². The van der Waals surface area contributed by atoms with Crippen LogP contribution in [0.15, 0.2) is 89.5 Å². The zero-order valence-electron chi connectivity index (χ0n) is 28.3. The van der Waals surface area contributed by atoms with Crippen LogP contribution in [0, 0.1) is 5.92 Å². The Bertz CT molecular complexity index is 1670. The number of aliphatic carboxylic acids is 1. The summed E-state index contributed by atoms with van der Waals surface area (Å²) in [5, 5.41) is 18.7. The van der Waals surface area contributed by atoms with Crippen LogP contribution >= 0.6 is 7.82 Å². The van der Waals surface area contributed by atoms with Crippen LogP contribution in [0.2, 0.25) is 0 Å². The molecule has 1 heterocycles. The molecular weight excluding hydrogens is 663 g/mol. The van der Waals surface area contributed by atoms with Gasteiger partial charge in [0.2, 0.25) is 17.7 Å². The van der Waals surface area contributed by atoms with Crippen molar-refractivity contribution in [1.29, 1.82) is 0 Å². The number of carboxylic acids is 1. The van der Waals surface area contributed by atoms with Crippen LogP contribution in [-0.2, 0) is 54.1 Å². The van der Waals surface area contributed by atoms with Gasteiger partial charge in [0.25, 0.3) is 0 Å². The van der Waals surface area contributed by atoms with Crippen molar-refractivity contribution in [3.8, 4) is 5.75 Å². The van der Waals surface area contributed by atoms with Crippen molar-refractivity contribution < 1.29 is 42.1 Å². The van der Waals surface area contributed by atoms with Crippen LogP contribution < -0.4 is 15.2 Å². The summed E-state index contributed by atoms with van der Waals surface area (Å²) in [7, 11) is -4.10. The highest BCUT2D eigenvalue weighted by atomic mass is 31.2. The van der Waals surface area contributed by atoms with Gasteiger partial charge in [0.05, 0.1) is 13.2 Å². The van der Waals surface area contributed by atoms with Crippen molar-refractivity contribution in [3.05, 3.63) is 113 Å². The number of phosphoric ester groups is 1. The summed E-state index contributed by atoms with van der Waals surface area (Å²) in [5.41, 5.74) is 2.22. The molecule has 0 bridgehead atoms. The molecule has 2 amide bonds. The molecule has 266 valence electrons. The largest absolute Gasteiger partial charge is 0.530 e. The summed E-state index contributed by atoms with van der Waals surface area (Å²) in [5.74, 6) is -0.871. The van der Waals surface area contributed by atoms with Crippen LogP contribution in [0.4, 0.5) is 0 Å². The van der Waals surface area contributed by atoms with Crippen molar-refractivity contribution in [1.82, 2.24) is 20.8 Å². The van der Waals surface area contributed by atoms with E-state index in [0.717, 1.165) is 17.5 Å². The molecule has 2 atom stereocenters. The second-order valence-electron chi connectivity index (χ2n) is 12.1. The maximum Gasteiger partial charge on any atom is 0.530 e. The minimum Gasteiger partial charge on any atom is -0.481 e. The van der Waals surface area contributed by atoms with Gasteiger partial charge in [-0.05, 0) is 47.6 Å². The molecule has 0 aliphatic rings. The molecule has 50 heavy (non-hydrogen) atoms. The first-order chi connectivity index (χ1) is 24.0. The quantitative estimate of drug-likeness (QED) is 0.0872. The monoisotopic (exact) mass is 706 g/mol. The van der Waals surface area contributed by atoms with E-state index in [9.17, 15) is 24.1 Å². The molecule has 0 aliphatic carbocycles. The molecular formula is C36H43N4O9P. The number of carbonyl (C=O) groups excluding carboxylic acids is 2. The van der Waals surface area contributed by atoms with Gasteiger partial charge in [-0.2, -0.15) is 4.98 Å². The lowest BCUT2D eigenvalue weighted by molar-refractivity contribution is -0.137. The Morgan fingerprint density at radius 1 is 0.840 bits per heavy atom. The van der Waals surface area contributed by atoms with Crippen LogP contribution in [0.3, 0.4) is 0 Å². The minimum absolute atomic E-state index is 0.00442. The van der Waals surface area contributed by atoms with Crippen molar-refractivity contribution >= 4 is 25.6 Å². The molecule has 1 aromatic heterocycles. The van der Waals surface area contributed by atoms with E-state index >= 15 is 0 Å². The third kappa shape index (κ3) is 12.9. The molecule has 13 nitrogen and oxygen atoms in total. The molecule has 3 N–H and O–H groups in total. The number of benzene rings is 3. The Morgan fingerprint density at radius 3 is 1.98 bits per heavy atom. The molecule has 0 spiro atoms. The van der Waals surface area contributed by atoms with Gasteiger partial charge in [0, 0.05) is 26.2 Å². The lowest BCUT2D eigenvalue weighted by Gasteiger charge is -2.21. The second kappa shape index (κ2) is 18.8. The lowest BCUT2D eigenvalue weighted by atomic mass is 10.0. The van der Waals surface area contributed by atoms with Crippen LogP contribution in [-0.4, -0.2) is 39.1 Å². The van der Waals surface area contributed by atoms with Crippen molar-refractivity contribution in [2.45, 2.75) is 78.2 Å². The number of nitrogens with zero attached hydrogens (tertiary/aromatic N) is 2. The first-order valence-corrected chi connectivity index (χ1v) is 17.8. The van der Waals surface area contributed by atoms with E-state index < -0.39 is 37.7 Å². The molecule has 0 saturated carbocycles. The third-order valence-corrected chi connectivity index (χ3v) is 8.75. The van der Waals surface area contributed by atoms with Gasteiger partial charge in [0.1, 0.15) is 17.8 Å². The number of nitrogens with one attached hydrogen (secondary N) is 2. The maximum absolute atomic E-state index is 13.8. The zero-order valence-corrected chi connectivity index (χ0v) is 29.2. The van der Waals surface area contributed by atoms with Gasteiger partial charge in [-0.25, -0.2) is 4.57 Å². The van der Waals surface area contributed by atoms with E-state index in [2.05, 4.69) is 34.6 Å². The molecule has 0 fully saturated rings. The predicted molar refractivity (Wildman–Crippen MR) is 184 cm³/mol. The average Bonchev–Trinajstić information content (AvgIpc) is 3.58. The van der Waals surface area contributed by atoms with Gasteiger partial charge in [-0.3, -0.25) is 23.4 Å². The van der Waals surface area contributed by atoms with E-state index in [1.54, 1.807) is 24.3 Å². The summed E-state index contributed by atoms with van der Waals surface area (Å²) in [4.78, 5) is 41.4. The summed E-state index contributed by atoms with van der Waals surface area (Å²) >= 11 is 0. The van der Waals surface area contributed by atoms with Crippen molar-refractivity contribution in [3.63, 3.8) is 0 Å². The van der Waals surface area contributed by atoms with Gasteiger partial charge in [-0.15, -0.1) is 0 Å². The van der Waals surface area contributed by atoms with Crippen molar-refractivity contribution in [2.24, 2.45) is 5.92 Å². The molecule has 0 radical (unpaired) electrons. The number of carboxylic acid groups (broad SMARTS) is 1. The first-order valence-electron chi connectivity index (χ1n) is 16.3. The number of carbonyl (C=O) groups is 3. The van der Waals surface area contributed by atoms with Gasteiger partial charge < -0.3 is 24.8 Å². The fourth-order valence-corrected chi connectivity index (χ4v) is 5.95. The van der Waals surface area contributed by atoms with Crippen LogP contribution in [0.5, 0.6) is 5.75 Å². The minimum atomic E-state index is -4.10. The second-order valence-corrected chi connectivity index (χ2v) is 13.7. The number of aromatic nitrogens is 2. The Balaban J connectivity index is 1.45. The number of amides is 2. The van der Waals surface area contributed by atoms with E-state index in [0.29, 0.717) is 23.7 Å². The third-order valence-electron chi connectivity index (χ3n) is 7.43. The lowest BCUT2D eigenvalue weighted by Crippen LogP contribution is -2.48. The number of phosphoric acid groups is 1. The number of aryl methyl sites for hydroxylation is 1. The number of rotatable bonds is 20. The van der Waals surface area contributed by atoms with Gasteiger partial charge >= 0.3 is 13.8 Å². The first kappa shape index (κ1) is 38.0. The highest BCUT2D eigenvalue weighted by Gasteiger charge is 2.30. The fraction of sp³-hybridized carbons (Fsp3) is 0.361. The molecule has 0 unspecified atom stereocenters. The normalized spacial score (nSPS) is 12.6. The Labute approximate surface area is 291 Å². The SMILES string of the molecule is CC(=O)N[C@@H](Cc1ccc(OP(=O)(OCc2ccccc2)OCc2ccccc2)cc1)C(=O)N[C@@H](CCC(=O)O)c1nc(CCC(C)C)no1. The molecule has 0 saturated heterocycles. The smallest absolute Gasteiger partial charge is 0.481 e. The Hall–Kier alpha value is -4.84. The van der Waals surface area contributed by atoms with Crippen LogP contribution in [0.1, 0.15) is 74.5 Å². The van der Waals surface area contributed by atoms with Gasteiger partial charge in [0.15, 0.2) is 5.82 Å². The van der Waals surface area contributed by atoms with E-state index in [1.165, 1.54) is 6.92 Å². The molecule has 4 aromatic rings. The summed E-state index contributed by atoms with van der Waals surface area (Å²) in [6.45, 7) is 5.42. The molecule has 0 aliphatic heterocycles. The van der Waals surface area contributed by atoms with E-state index in [1.807, 2.05) is 60.7 Å². The Kier molecular flexibility index (Phi) is 14.3. The number of hydrogen-bond donors (Lipinski definition) is 3. The average molecular weight is 707 g/mol. The number of hydrogen-bond acceptors (Lipinski definition) is 10. The van der Waals surface area contributed by atoms with Crippen LogP contribution in [0.25, 0.3) is 0 Å². The summed E-state index contributed by atoms with van der Waals surface area (Å²) in [6.07, 6.45) is 1.23. The standard InChI is InChI=1S/C36H43N4O9P/c1-25(2)14-20-33-39-36(48-40-33)31(19-21-34(42)43)38-35(44)32(37-26(3)41)22-27-15-17-30(18-16-27)49-50(45,46-23-28-10-6-4-7-11-28)47-24-29-12-8-5-9-13-29/h4-13,15-18,25,31-32H,14,19-24H2,1-3H3,(H,37,41)(H,38,44)(H,42,43)/t31-,32-/m0/s1. The highest BCUT2D eigenvalue weighted by Crippen LogP contribution is 2.51. The summed E-state index contributed by atoms with van der Waals surface area (Å²) < 4.78 is 36.4. The Morgan fingerprint density at radius 2 is 1.44 bits per heavy atom.